The quantitative estimate of drug-likeness (QED) is 0.170. The van der Waals surface area contributed by atoms with Gasteiger partial charge < -0.3 is 8.83 Å². The van der Waals surface area contributed by atoms with Crippen LogP contribution < -0.4 is 0 Å². The molecule has 3 aromatic heterocycles. The van der Waals surface area contributed by atoms with Crippen LogP contribution in [0.5, 0.6) is 0 Å². The maximum absolute atomic E-state index is 6.63. The van der Waals surface area contributed by atoms with E-state index in [0.29, 0.717) is 17.5 Å². The minimum atomic E-state index is 0.544. The van der Waals surface area contributed by atoms with Gasteiger partial charge in [-0.3, -0.25) is 0 Å². The predicted octanol–water partition coefficient (Wildman–Crippen LogP) is 13.8. The minimum Gasteiger partial charge on any atom is -0.456 e. The van der Waals surface area contributed by atoms with Crippen LogP contribution in [0.15, 0.2) is 185 Å². The number of rotatable bonds is 4. The molecule has 0 spiro atoms. The van der Waals surface area contributed by atoms with Gasteiger partial charge in [-0.05, 0) is 79.8 Å². The van der Waals surface area contributed by atoms with E-state index >= 15 is 0 Å². The van der Waals surface area contributed by atoms with Crippen LogP contribution in [0.2, 0.25) is 0 Å². The van der Waals surface area contributed by atoms with E-state index in [-0.39, 0.29) is 0 Å². The number of nitrogens with zero attached hydrogens (tertiary/aromatic N) is 3. The van der Waals surface area contributed by atoms with Crippen molar-refractivity contribution in [2.24, 2.45) is 0 Å². The van der Waals surface area contributed by atoms with Gasteiger partial charge in [-0.25, -0.2) is 15.0 Å². The van der Waals surface area contributed by atoms with Crippen molar-refractivity contribution in [1.29, 1.82) is 0 Å². The van der Waals surface area contributed by atoms with Crippen molar-refractivity contribution in [1.82, 2.24) is 15.0 Å². The third-order valence-electron chi connectivity index (χ3n) is 11.1. The number of fused-ring (bicyclic) bond motifs is 12. The average molecular weight is 716 g/mol. The van der Waals surface area contributed by atoms with E-state index in [1.54, 1.807) is 0 Å². The van der Waals surface area contributed by atoms with Crippen molar-refractivity contribution in [3.63, 3.8) is 0 Å². The summed E-state index contributed by atoms with van der Waals surface area (Å²) < 4.78 is 13.1. The molecule has 0 radical (unpaired) electrons. The lowest BCUT2D eigenvalue weighted by Gasteiger charge is -2.12. The van der Waals surface area contributed by atoms with Crippen LogP contribution in [0.3, 0.4) is 0 Å². The second-order valence-electron chi connectivity index (χ2n) is 14.3. The molecule has 12 aromatic rings. The first-order valence-electron chi connectivity index (χ1n) is 18.8. The second kappa shape index (κ2) is 11.9. The molecule has 0 aliphatic heterocycles. The first-order valence-corrected chi connectivity index (χ1v) is 18.8. The van der Waals surface area contributed by atoms with E-state index in [4.69, 9.17) is 23.8 Å². The summed E-state index contributed by atoms with van der Waals surface area (Å²) in [5.41, 5.74) is 7.96. The van der Waals surface area contributed by atoms with Gasteiger partial charge in [-0.1, -0.05) is 140 Å². The number of benzene rings is 9. The van der Waals surface area contributed by atoms with Gasteiger partial charge in [0.1, 0.15) is 22.3 Å². The first kappa shape index (κ1) is 30.8. The molecule has 0 aliphatic carbocycles. The Morgan fingerprint density at radius 3 is 1.59 bits per heavy atom. The fraction of sp³-hybridized carbons (Fsp3) is 0. The van der Waals surface area contributed by atoms with E-state index in [0.717, 1.165) is 71.7 Å². The molecule has 0 fully saturated rings. The van der Waals surface area contributed by atoms with E-state index in [9.17, 15) is 0 Å². The fourth-order valence-corrected chi connectivity index (χ4v) is 8.54. The van der Waals surface area contributed by atoms with Crippen LogP contribution in [0.4, 0.5) is 0 Å². The molecular weight excluding hydrogens is 687 g/mol. The molecule has 0 amide bonds. The highest BCUT2D eigenvalue weighted by molar-refractivity contribution is 6.26. The molecule has 0 aliphatic rings. The molecule has 5 nitrogen and oxygen atoms in total. The van der Waals surface area contributed by atoms with E-state index in [2.05, 4.69) is 103 Å². The highest BCUT2D eigenvalue weighted by atomic mass is 16.3. The second-order valence-corrected chi connectivity index (χ2v) is 14.3. The largest absolute Gasteiger partial charge is 0.456 e. The van der Waals surface area contributed by atoms with Crippen molar-refractivity contribution in [3.8, 4) is 45.3 Å². The Hall–Kier alpha value is -7.63. The van der Waals surface area contributed by atoms with Gasteiger partial charge in [0.05, 0.1) is 5.56 Å². The zero-order chi connectivity index (χ0) is 36.7. The molecule has 0 atom stereocenters. The molecule has 260 valence electrons. The Labute approximate surface area is 320 Å². The fourth-order valence-electron chi connectivity index (χ4n) is 8.54. The summed E-state index contributed by atoms with van der Waals surface area (Å²) >= 11 is 0. The molecule has 56 heavy (non-hydrogen) atoms. The molecule has 3 heterocycles. The van der Waals surface area contributed by atoms with Crippen molar-refractivity contribution in [3.05, 3.63) is 176 Å². The van der Waals surface area contributed by atoms with E-state index < -0.39 is 0 Å². The molecule has 0 saturated heterocycles. The molecule has 0 bridgehead atoms. The van der Waals surface area contributed by atoms with Crippen LogP contribution in [-0.2, 0) is 0 Å². The zero-order valence-electron chi connectivity index (χ0n) is 29.9. The van der Waals surface area contributed by atoms with Crippen LogP contribution in [0.25, 0.3) is 121 Å². The van der Waals surface area contributed by atoms with Gasteiger partial charge in [0.25, 0.3) is 0 Å². The number of para-hydroxylation sites is 2. The molecule has 5 heteroatoms. The minimum absolute atomic E-state index is 0.544. The van der Waals surface area contributed by atoms with Gasteiger partial charge >= 0.3 is 0 Å². The number of hydrogen-bond acceptors (Lipinski definition) is 5. The molecule has 0 N–H and O–H groups in total. The molecule has 0 saturated carbocycles. The normalized spacial score (nSPS) is 11.9. The van der Waals surface area contributed by atoms with E-state index in [1.807, 2.05) is 72.8 Å². The summed E-state index contributed by atoms with van der Waals surface area (Å²) in [5, 5.41) is 11.6. The maximum atomic E-state index is 6.63. The average Bonchev–Trinajstić information content (AvgIpc) is 3.85. The monoisotopic (exact) mass is 715 g/mol. The summed E-state index contributed by atoms with van der Waals surface area (Å²) in [7, 11) is 0. The summed E-state index contributed by atoms with van der Waals surface area (Å²) in [6.45, 7) is 0. The number of hydrogen-bond donors (Lipinski definition) is 0. The van der Waals surface area contributed by atoms with Gasteiger partial charge in [0, 0.05) is 32.7 Å². The lowest BCUT2D eigenvalue weighted by atomic mass is 9.92. The van der Waals surface area contributed by atoms with Crippen LogP contribution in [0.1, 0.15) is 0 Å². The highest BCUT2D eigenvalue weighted by Crippen LogP contribution is 2.41. The lowest BCUT2D eigenvalue weighted by molar-refractivity contribution is 0.668. The van der Waals surface area contributed by atoms with Gasteiger partial charge in [0.2, 0.25) is 0 Å². The van der Waals surface area contributed by atoms with Crippen LogP contribution >= 0.6 is 0 Å². The highest BCUT2D eigenvalue weighted by Gasteiger charge is 2.21. The molecular formula is C51H29N3O2. The standard InChI is InChI=1S/C51H29N3O2/c1-2-12-30(13-3-1)49-52-50(54-51(53-49)42-21-10-19-39-38-18-8-9-22-44(38)56-48(39)42)41-20-11-23-45-47(41)40-27-25-32(29-46(40)55-45)31-24-26-37-35-16-5-4-14-33(35)34-15-6-7-17-36(34)43(37)28-31/h1-29H. The number of aromatic nitrogens is 3. The van der Waals surface area contributed by atoms with Gasteiger partial charge in [-0.2, -0.15) is 0 Å². The van der Waals surface area contributed by atoms with Gasteiger partial charge in [-0.15, -0.1) is 0 Å². The SMILES string of the molecule is c1ccc(-c2nc(-c3cccc4c3oc3ccccc34)nc(-c3cccc4oc5cc(-c6ccc7c8ccccc8c8ccccc8c7c6)ccc5c34)n2)cc1. The van der Waals surface area contributed by atoms with Crippen molar-refractivity contribution in [2.45, 2.75) is 0 Å². The topological polar surface area (TPSA) is 65.0 Å². The molecule has 9 aromatic carbocycles. The Kier molecular flexibility index (Phi) is 6.56. The summed E-state index contributed by atoms with van der Waals surface area (Å²) in [5.74, 6) is 1.69. The van der Waals surface area contributed by atoms with Crippen LogP contribution in [-0.4, -0.2) is 15.0 Å². The van der Waals surface area contributed by atoms with Crippen LogP contribution in [0, 0.1) is 0 Å². The third-order valence-corrected chi connectivity index (χ3v) is 11.1. The summed E-state index contributed by atoms with van der Waals surface area (Å²) in [6.07, 6.45) is 0. The van der Waals surface area contributed by atoms with Crippen molar-refractivity contribution in [2.75, 3.05) is 0 Å². The lowest BCUT2D eigenvalue weighted by Crippen LogP contribution is -2.00. The van der Waals surface area contributed by atoms with Crippen molar-refractivity contribution < 1.29 is 8.83 Å². The Bertz CT molecular complexity index is 3510. The number of furan rings is 2. The molecule has 0 unspecified atom stereocenters. The Morgan fingerprint density at radius 1 is 0.286 bits per heavy atom. The zero-order valence-corrected chi connectivity index (χ0v) is 29.9. The van der Waals surface area contributed by atoms with Crippen molar-refractivity contribution >= 4 is 76.2 Å². The third kappa shape index (κ3) is 4.64. The summed E-state index contributed by atoms with van der Waals surface area (Å²) in [6, 6.07) is 61.0. The first-order chi connectivity index (χ1) is 27.7. The van der Waals surface area contributed by atoms with Gasteiger partial charge in [0.15, 0.2) is 17.5 Å². The summed E-state index contributed by atoms with van der Waals surface area (Å²) in [4.78, 5) is 15.3. The predicted molar refractivity (Wildman–Crippen MR) is 229 cm³/mol. The Morgan fingerprint density at radius 2 is 0.821 bits per heavy atom. The Balaban J connectivity index is 1.04. The maximum Gasteiger partial charge on any atom is 0.167 e. The molecule has 12 rings (SSSR count). The van der Waals surface area contributed by atoms with E-state index in [1.165, 1.54) is 32.3 Å². The smallest absolute Gasteiger partial charge is 0.167 e.